The largest absolute Gasteiger partial charge is 0.486 e. The lowest BCUT2D eigenvalue weighted by Gasteiger charge is -2.26. The molecule has 0 aliphatic carbocycles. The van der Waals surface area contributed by atoms with Gasteiger partial charge in [-0.25, -0.2) is 0 Å². The van der Waals surface area contributed by atoms with Crippen LogP contribution in [0.2, 0.25) is 0 Å². The molecule has 3 aromatic rings. The van der Waals surface area contributed by atoms with E-state index in [0.29, 0.717) is 48.5 Å². The van der Waals surface area contributed by atoms with Gasteiger partial charge in [0.25, 0.3) is 5.56 Å². The normalized spacial score (nSPS) is 12.7. The van der Waals surface area contributed by atoms with Crippen LogP contribution in [-0.4, -0.2) is 60.3 Å². The van der Waals surface area contributed by atoms with E-state index in [2.05, 4.69) is 46.3 Å². The summed E-state index contributed by atoms with van der Waals surface area (Å²) in [5, 5.41) is 4.90. The van der Waals surface area contributed by atoms with Crippen LogP contribution in [0.15, 0.2) is 53.3 Å². The minimum absolute atomic E-state index is 0.123. The van der Waals surface area contributed by atoms with Gasteiger partial charge in [-0.1, -0.05) is 30.3 Å². The monoisotopic (exact) mass is 466 g/mol. The molecule has 1 aliphatic rings. The highest BCUT2D eigenvalue weighted by Gasteiger charge is 2.16. The van der Waals surface area contributed by atoms with Crippen LogP contribution in [0.25, 0.3) is 10.9 Å². The molecule has 0 unspecified atom stereocenters. The molecule has 8 heteroatoms. The Morgan fingerprint density at radius 3 is 2.52 bits per heavy atom. The summed E-state index contributed by atoms with van der Waals surface area (Å²) >= 11 is 5.72. The zero-order valence-corrected chi connectivity index (χ0v) is 19.9. The number of nitrogens with one attached hydrogen (secondary N) is 2. The Morgan fingerprint density at radius 1 is 1.06 bits per heavy atom. The van der Waals surface area contributed by atoms with E-state index >= 15 is 0 Å². The van der Waals surface area contributed by atoms with Crippen LogP contribution in [0.4, 0.5) is 0 Å². The van der Waals surface area contributed by atoms with Gasteiger partial charge in [0.1, 0.15) is 13.2 Å². The molecule has 0 bridgehead atoms. The van der Waals surface area contributed by atoms with Crippen molar-refractivity contribution in [1.82, 2.24) is 20.1 Å². The first-order chi connectivity index (χ1) is 16.0. The summed E-state index contributed by atoms with van der Waals surface area (Å²) in [6, 6.07) is 15.8. The number of nitrogens with zero attached hydrogens (tertiary/aromatic N) is 2. The molecular formula is C25H30N4O3S. The van der Waals surface area contributed by atoms with E-state index in [0.717, 1.165) is 36.0 Å². The number of H-pyrrole nitrogens is 1. The van der Waals surface area contributed by atoms with Crippen LogP contribution in [0, 0.1) is 0 Å². The predicted octanol–water partition coefficient (Wildman–Crippen LogP) is 3.13. The zero-order chi connectivity index (χ0) is 23.2. The van der Waals surface area contributed by atoms with E-state index in [1.54, 1.807) is 0 Å². The quantitative estimate of drug-likeness (QED) is 0.495. The van der Waals surface area contributed by atoms with Gasteiger partial charge < -0.3 is 29.6 Å². The molecule has 0 spiro atoms. The molecule has 7 nitrogen and oxygen atoms in total. The van der Waals surface area contributed by atoms with Gasteiger partial charge in [-0.05, 0) is 57.0 Å². The number of rotatable bonds is 8. The number of fused-ring (bicyclic) bond motifs is 2. The summed E-state index contributed by atoms with van der Waals surface area (Å²) in [5.74, 6) is 1.36. The van der Waals surface area contributed by atoms with Crippen LogP contribution >= 0.6 is 12.2 Å². The predicted molar refractivity (Wildman–Crippen MR) is 135 cm³/mol. The summed E-state index contributed by atoms with van der Waals surface area (Å²) in [5.41, 5.74) is 2.43. The molecule has 0 radical (unpaired) electrons. The fourth-order valence-corrected chi connectivity index (χ4v) is 4.05. The van der Waals surface area contributed by atoms with Crippen molar-refractivity contribution in [2.45, 2.75) is 19.5 Å². The van der Waals surface area contributed by atoms with Crippen molar-refractivity contribution in [3.05, 3.63) is 70.0 Å². The maximum Gasteiger partial charge on any atom is 0.253 e. The standard InChI is InChI=1S/C25H30N4O3S/c1-28(2)9-6-10-29(25(33)26-16-18-7-4-3-5-8-18)17-20-13-19-14-22-23(32-12-11-31-22)15-21(19)27-24(20)30/h3-5,7-8,13-15H,6,9-12,16-17H2,1-2H3,(H,26,33)(H,27,30). The lowest BCUT2D eigenvalue weighted by Crippen LogP contribution is -2.41. The highest BCUT2D eigenvalue weighted by Crippen LogP contribution is 2.33. The highest BCUT2D eigenvalue weighted by atomic mass is 32.1. The molecule has 33 heavy (non-hydrogen) atoms. The third kappa shape index (κ3) is 6.03. The molecule has 0 fully saturated rings. The summed E-state index contributed by atoms with van der Waals surface area (Å²) in [7, 11) is 4.10. The van der Waals surface area contributed by atoms with Crippen molar-refractivity contribution in [2.24, 2.45) is 0 Å². The number of benzene rings is 2. The van der Waals surface area contributed by atoms with Gasteiger partial charge in [0.05, 0.1) is 12.1 Å². The molecule has 2 N–H and O–H groups in total. The minimum Gasteiger partial charge on any atom is -0.486 e. The second-order valence-electron chi connectivity index (χ2n) is 8.43. The number of aromatic nitrogens is 1. The summed E-state index contributed by atoms with van der Waals surface area (Å²) in [4.78, 5) is 20.1. The Kier molecular flexibility index (Phi) is 7.47. The van der Waals surface area contributed by atoms with E-state index in [9.17, 15) is 4.79 Å². The Hall–Kier alpha value is -3.10. The first-order valence-electron chi connectivity index (χ1n) is 11.2. The molecule has 174 valence electrons. The summed E-state index contributed by atoms with van der Waals surface area (Å²) in [6.07, 6.45) is 0.935. The van der Waals surface area contributed by atoms with Gasteiger partial charge in [-0.15, -0.1) is 0 Å². The van der Waals surface area contributed by atoms with E-state index in [1.807, 2.05) is 36.4 Å². The number of thiocarbonyl (C=S) groups is 1. The van der Waals surface area contributed by atoms with Gasteiger partial charge in [0.15, 0.2) is 16.6 Å². The maximum absolute atomic E-state index is 12.9. The minimum atomic E-state index is -0.123. The average molecular weight is 467 g/mol. The van der Waals surface area contributed by atoms with Crippen LogP contribution in [0.3, 0.4) is 0 Å². The zero-order valence-electron chi connectivity index (χ0n) is 19.1. The Balaban J connectivity index is 1.54. The van der Waals surface area contributed by atoms with E-state index in [1.165, 1.54) is 0 Å². The van der Waals surface area contributed by atoms with Crippen molar-refractivity contribution in [2.75, 3.05) is 40.4 Å². The summed E-state index contributed by atoms with van der Waals surface area (Å²) < 4.78 is 11.3. The number of hydrogen-bond donors (Lipinski definition) is 2. The van der Waals surface area contributed by atoms with Crippen LogP contribution in [-0.2, 0) is 13.1 Å². The second kappa shape index (κ2) is 10.7. The lowest BCUT2D eigenvalue weighted by molar-refractivity contribution is 0.172. The van der Waals surface area contributed by atoms with E-state index in [4.69, 9.17) is 21.7 Å². The van der Waals surface area contributed by atoms with E-state index < -0.39 is 0 Å². The molecular weight excluding hydrogens is 436 g/mol. The molecule has 1 aromatic heterocycles. The molecule has 0 amide bonds. The maximum atomic E-state index is 12.9. The Bertz CT molecular complexity index is 1160. The van der Waals surface area contributed by atoms with Crippen molar-refractivity contribution in [3.8, 4) is 11.5 Å². The van der Waals surface area contributed by atoms with Gasteiger partial charge in [0, 0.05) is 30.1 Å². The molecule has 0 saturated heterocycles. The topological polar surface area (TPSA) is 69.8 Å². The third-order valence-electron chi connectivity index (χ3n) is 5.55. The summed E-state index contributed by atoms with van der Waals surface area (Å²) in [6.45, 7) is 3.79. The van der Waals surface area contributed by atoms with Gasteiger partial charge in [0.2, 0.25) is 0 Å². The van der Waals surface area contributed by atoms with E-state index in [-0.39, 0.29) is 5.56 Å². The number of hydrogen-bond acceptors (Lipinski definition) is 5. The van der Waals surface area contributed by atoms with Gasteiger partial charge in [-0.2, -0.15) is 0 Å². The van der Waals surface area contributed by atoms with Gasteiger partial charge >= 0.3 is 0 Å². The molecule has 2 aromatic carbocycles. The van der Waals surface area contributed by atoms with Crippen molar-refractivity contribution >= 4 is 28.2 Å². The van der Waals surface area contributed by atoms with Crippen LogP contribution < -0.4 is 20.3 Å². The van der Waals surface area contributed by atoms with Crippen molar-refractivity contribution < 1.29 is 9.47 Å². The van der Waals surface area contributed by atoms with Crippen LogP contribution in [0.5, 0.6) is 11.5 Å². The lowest BCUT2D eigenvalue weighted by atomic mass is 10.1. The highest BCUT2D eigenvalue weighted by molar-refractivity contribution is 7.80. The number of aromatic amines is 1. The fraction of sp³-hybridized carbons (Fsp3) is 0.360. The van der Waals surface area contributed by atoms with Gasteiger partial charge in [-0.3, -0.25) is 4.79 Å². The van der Waals surface area contributed by atoms with Crippen LogP contribution in [0.1, 0.15) is 17.5 Å². The van der Waals surface area contributed by atoms with Crippen molar-refractivity contribution in [1.29, 1.82) is 0 Å². The average Bonchev–Trinajstić information content (AvgIpc) is 2.81. The van der Waals surface area contributed by atoms with Crippen molar-refractivity contribution in [3.63, 3.8) is 0 Å². The Labute approximate surface area is 199 Å². The smallest absolute Gasteiger partial charge is 0.253 e. The molecule has 1 aliphatic heterocycles. The molecule has 2 heterocycles. The first-order valence-corrected chi connectivity index (χ1v) is 11.6. The fourth-order valence-electron chi connectivity index (χ4n) is 3.83. The first kappa shape index (κ1) is 23.1. The number of pyridine rings is 1. The molecule has 4 rings (SSSR count). The Morgan fingerprint density at radius 2 is 1.79 bits per heavy atom. The molecule has 0 saturated carbocycles. The number of ether oxygens (including phenoxy) is 2. The third-order valence-corrected chi connectivity index (χ3v) is 5.95. The molecule has 0 atom stereocenters. The SMILES string of the molecule is CN(C)CCCN(Cc1cc2cc3c(cc2[nH]c1=O)OCCO3)C(=S)NCc1ccccc1. The second-order valence-corrected chi connectivity index (χ2v) is 8.82.